The van der Waals surface area contributed by atoms with Gasteiger partial charge in [0, 0.05) is 51.2 Å². The van der Waals surface area contributed by atoms with Crippen molar-refractivity contribution >= 4 is 5.91 Å². The Morgan fingerprint density at radius 2 is 2.24 bits per heavy atom. The van der Waals surface area contributed by atoms with Crippen molar-refractivity contribution in [2.24, 2.45) is 0 Å². The predicted octanol–water partition coefficient (Wildman–Crippen LogP) is 2.58. The summed E-state index contributed by atoms with van der Waals surface area (Å²) in [6, 6.07) is 0.346. The molecular formula is C18H27N5O2. The Hall–Kier alpha value is -2.18. The second-order valence-corrected chi connectivity index (χ2v) is 6.55. The van der Waals surface area contributed by atoms with E-state index in [2.05, 4.69) is 26.6 Å². The summed E-state index contributed by atoms with van der Waals surface area (Å²) >= 11 is 0. The molecule has 25 heavy (non-hydrogen) atoms. The number of nitrogens with zero attached hydrogens (tertiary/aromatic N) is 5. The molecule has 0 unspecified atom stereocenters. The standard InChI is InChI=1S/C18H27N5O2/c1-3-15-20-17(25-21-15)8-5-9-18(24)22-11-6-7-14(13-22)23-12-10-19-16(23)4-2/h10,12,14H,3-9,11,13H2,1-2H3/t14-/m1/s1. The molecule has 7 heteroatoms. The maximum atomic E-state index is 12.6. The van der Waals surface area contributed by atoms with Crippen LogP contribution in [0.3, 0.4) is 0 Å². The highest BCUT2D eigenvalue weighted by Crippen LogP contribution is 2.23. The van der Waals surface area contributed by atoms with Gasteiger partial charge in [-0.3, -0.25) is 4.79 Å². The van der Waals surface area contributed by atoms with Crippen molar-refractivity contribution in [3.05, 3.63) is 29.9 Å². The predicted molar refractivity (Wildman–Crippen MR) is 93.1 cm³/mol. The van der Waals surface area contributed by atoms with E-state index >= 15 is 0 Å². The van der Waals surface area contributed by atoms with E-state index in [0.29, 0.717) is 24.8 Å². The van der Waals surface area contributed by atoms with Crippen LogP contribution in [0, 0.1) is 0 Å². The maximum Gasteiger partial charge on any atom is 0.226 e. The lowest BCUT2D eigenvalue weighted by atomic mass is 10.0. The smallest absolute Gasteiger partial charge is 0.226 e. The molecule has 0 aliphatic carbocycles. The number of imidazole rings is 1. The van der Waals surface area contributed by atoms with Gasteiger partial charge in [0.15, 0.2) is 5.82 Å². The summed E-state index contributed by atoms with van der Waals surface area (Å²) in [6.45, 7) is 5.75. The van der Waals surface area contributed by atoms with Gasteiger partial charge < -0.3 is 14.0 Å². The van der Waals surface area contributed by atoms with E-state index in [9.17, 15) is 4.79 Å². The van der Waals surface area contributed by atoms with Gasteiger partial charge >= 0.3 is 0 Å². The third-order valence-electron chi connectivity index (χ3n) is 4.82. The molecule has 0 aromatic carbocycles. The molecule has 0 spiro atoms. The minimum absolute atomic E-state index is 0.220. The molecule has 1 saturated heterocycles. The van der Waals surface area contributed by atoms with E-state index in [4.69, 9.17) is 4.52 Å². The van der Waals surface area contributed by atoms with Gasteiger partial charge in [0.2, 0.25) is 11.8 Å². The monoisotopic (exact) mass is 345 g/mol. The molecule has 2 aromatic rings. The van der Waals surface area contributed by atoms with Crippen molar-refractivity contribution < 1.29 is 9.32 Å². The van der Waals surface area contributed by atoms with Gasteiger partial charge in [0.1, 0.15) is 5.82 Å². The molecule has 2 aromatic heterocycles. The molecule has 0 bridgehead atoms. The van der Waals surface area contributed by atoms with Gasteiger partial charge in [-0.2, -0.15) is 4.98 Å². The van der Waals surface area contributed by atoms with Crippen molar-refractivity contribution in [1.29, 1.82) is 0 Å². The van der Waals surface area contributed by atoms with Crippen LogP contribution in [0.5, 0.6) is 0 Å². The fraction of sp³-hybridized carbons (Fsp3) is 0.667. The Balaban J connectivity index is 1.50. The van der Waals surface area contributed by atoms with Crippen LogP contribution in [0.1, 0.15) is 63.1 Å². The van der Waals surface area contributed by atoms with Crippen LogP contribution in [0.2, 0.25) is 0 Å². The minimum atomic E-state index is 0.220. The molecule has 1 fully saturated rings. The molecule has 136 valence electrons. The molecule has 0 saturated carbocycles. The average Bonchev–Trinajstić information content (AvgIpc) is 3.30. The maximum absolute atomic E-state index is 12.6. The average molecular weight is 345 g/mol. The number of amides is 1. The minimum Gasteiger partial charge on any atom is -0.341 e. The van der Waals surface area contributed by atoms with Gasteiger partial charge in [-0.1, -0.05) is 19.0 Å². The molecule has 1 aliphatic rings. The first-order valence-electron chi connectivity index (χ1n) is 9.32. The lowest BCUT2D eigenvalue weighted by Crippen LogP contribution is -2.40. The van der Waals surface area contributed by atoms with Crippen LogP contribution in [0.25, 0.3) is 0 Å². The molecular weight excluding hydrogens is 318 g/mol. The second kappa shape index (κ2) is 8.27. The van der Waals surface area contributed by atoms with Crippen LogP contribution in [0.4, 0.5) is 0 Å². The number of aromatic nitrogens is 4. The number of aryl methyl sites for hydroxylation is 3. The zero-order valence-electron chi connectivity index (χ0n) is 15.1. The number of carbonyl (C=O) groups is 1. The largest absolute Gasteiger partial charge is 0.341 e. The van der Waals surface area contributed by atoms with Crippen LogP contribution >= 0.6 is 0 Å². The molecule has 0 N–H and O–H groups in total. The summed E-state index contributed by atoms with van der Waals surface area (Å²) in [5.74, 6) is 2.68. The topological polar surface area (TPSA) is 77.0 Å². The number of hydrogen-bond acceptors (Lipinski definition) is 5. The van der Waals surface area contributed by atoms with E-state index < -0.39 is 0 Å². The summed E-state index contributed by atoms with van der Waals surface area (Å²) in [4.78, 5) is 23.3. The number of rotatable bonds is 7. The molecule has 3 heterocycles. The van der Waals surface area contributed by atoms with E-state index in [-0.39, 0.29) is 5.91 Å². The first-order chi connectivity index (χ1) is 12.2. The summed E-state index contributed by atoms with van der Waals surface area (Å²) in [6.07, 6.45) is 9.67. The van der Waals surface area contributed by atoms with E-state index in [0.717, 1.165) is 56.8 Å². The van der Waals surface area contributed by atoms with Crippen molar-refractivity contribution in [3.8, 4) is 0 Å². The second-order valence-electron chi connectivity index (χ2n) is 6.55. The fourth-order valence-corrected chi connectivity index (χ4v) is 3.44. The molecule has 7 nitrogen and oxygen atoms in total. The zero-order valence-corrected chi connectivity index (χ0v) is 15.1. The highest BCUT2D eigenvalue weighted by atomic mass is 16.5. The Morgan fingerprint density at radius 3 is 3.00 bits per heavy atom. The Kier molecular flexibility index (Phi) is 5.83. The molecule has 3 rings (SSSR count). The van der Waals surface area contributed by atoms with Crippen molar-refractivity contribution in [2.45, 2.75) is 64.8 Å². The van der Waals surface area contributed by atoms with E-state index in [1.165, 1.54) is 0 Å². The molecule has 0 radical (unpaired) electrons. The first-order valence-corrected chi connectivity index (χ1v) is 9.32. The summed E-state index contributed by atoms with van der Waals surface area (Å²) in [5, 5.41) is 3.89. The van der Waals surface area contributed by atoms with Crippen LogP contribution in [-0.4, -0.2) is 43.6 Å². The highest BCUT2D eigenvalue weighted by Gasteiger charge is 2.25. The Labute approximate surface area is 148 Å². The SMILES string of the molecule is CCc1noc(CCCC(=O)N2CCC[C@@H](n3ccnc3CC)C2)n1. The van der Waals surface area contributed by atoms with Gasteiger partial charge in [0.25, 0.3) is 0 Å². The van der Waals surface area contributed by atoms with Gasteiger partial charge in [-0.25, -0.2) is 4.98 Å². The Morgan fingerprint density at radius 1 is 1.36 bits per heavy atom. The normalized spacial score (nSPS) is 17.8. The van der Waals surface area contributed by atoms with Gasteiger partial charge in [-0.15, -0.1) is 0 Å². The van der Waals surface area contributed by atoms with E-state index in [1.807, 2.05) is 24.2 Å². The number of piperidine rings is 1. The third kappa shape index (κ3) is 4.27. The summed E-state index contributed by atoms with van der Waals surface area (Å²) in [7, 11) is 0. The number of hydrogen-bond donors (Lipinski definition) is 0. The van der Waals surface area contributed by atoms with E-state index in [1.54, 1.807) is 0 Å². The number of carbonyl (C=O) groups excluding carboxylic acids is 1. The quantitative estimate of drug-likeness (QED) is 0.771. The zero-order chi connectivity index (χ0) is 17.6. The molecule has 1 atom stereocenters. The molecule has 1 aliphatic heterocycles. The fourth-order valence-electron chi connectivity index (χ4n) is 3.44. The lowest BCUT2D eigenvalue weighted by Gasteiger charge is -2.34. The van der Waals surface area contributed by atoms with Gasteiger partial charge in [0.05, 0.1) is 6.04 Å². The first kappa shape index (κ1) is 17.6. The van der Waals surface area contributed by atoms with Crippen LogP contribution < -0.4 is 0 Å². The summed E-state index contributed by atoms with van der Waals surface area (Å²) in [5.41, 5.74) is 0. The Bertz CT molecular complexity index is 693. The van der Waals surface area contributed by atoms with Crippen molar-refractivity contribution in [1.82, 2.24) is 24.6 Å². The lowest BCUT2D eigenvalue weighted by molar-refractivity contribution is -0.132. The molecule has 1 amide bonds. The third-order valence-corrected chi connectivity index (χ3v) is 4.82. The van der Waals surface area contributed by atoms with Gasteiger partial charge in [-0.05, 0) is 19.3 Å². The van der Waals surface area contributed by atoms with Crippen LogP contribution in [-0.2, 0) is 24.1 Å². The summed E-state index contributed by atoms with van der Waals surface area (Å²) < 4.78 is 7.42. The van der Waals surface area contributed by atoms with Crippen molar-refractivity contribution in [3.63, 3.8) is 0 Å². The van der Waals surface area contributed by atoms with Crippen LogP contribution in [0.15, 0.2) is 16.9 Å². The van der Waals surface area contributed by atoms with Crippen molar-refractivity contribution in [2.75, 3.05) is 13.1 Å². The highest BCUT2D eigenvalue weighted by molar-refractivity contribution is 5.76. The number of likely N-dealkylation sites (tertiary alicyclic amines) is 1.